The molecule has 0 spiro atoms. The Balaban J connectivity index is 2.15. The van der Waals surface area contributed by atoms with Crippen molar-refractivity contribution < 1.29 is 21.9 Å². The van der Waals surface area contributed by atoms with Crippen LogP contribution in [0.15, 0.2) is 51.2 Å². The van der Waals surface area contributed by atoms with Crippen molar-refractivity contribution in [3.63, 3.8) is 0 Å². The second kappa shape index (κ2) is 5.69. The summed E-state index contributed by atoms with van der Waals surface area (Å²) >= 11 is 9.21. The van der Waals surface area contributed by atoms with Crippen LogP contribution in [0.4, 0.5) is 17.4 Å². The van der Waals surface area contributed by atoms with Crippen LogP contribution in [-0.4, -0.2) is 20.6 Å². The first-order valence-corrected chi connectivity index (χ1v) is 9.40. The predicted molar refractivity (Wildman–Crippen MR) is 98.9 cm³/mol. The van der Waals surface area contributed by atoms with Gasteiger partial charge in [-0.25, -0.2) is 8.78 Å². The van der Waals surface area contributed by atoms with E-state index < -0.39 is 18.6 Å². The Bertz CT molecular complexity index is 1040. The van der Waals surface area contributed by atoms with Crippen molar-refractivity contribution in [3.8, 4) is 0 Å². The van der Waals surface area contributed by atoms with Gasteiger partial charge in [-0.2, -0.15) is 0 Å². The Labute approximate surface area is 165 Å². The van der Waals surface area contributed by atoms with Gasteiger partial charge in [-0.05, 0) is 56.1 Å². The standard InChI is InChI=1S/C15H6BBr3F4N2/c17-9-6-7(20)5-8(15(9)21)14-10-1-3-12(18)24(10)16(22,23)25-11(14)2-4-13(25)19/h1-6H. The summed E-state index contributed by atoms with van der Waals surface area (Å²) < 4.78 is 60.5. The first kappa shape index (κ1) is 17.3. The molecule has 10 heteroatoms. The lowest BCUT2D eigenvalue weighted by Gasteiger charge is -2.32. The van der Waals surface area contributed by atoms with Crippen molar-refractivity contribution in [1.29, 1.82) is 0 Å². The van der Waals surface area contributed by atoms with E-state index >= 15 is 8.63 Å². The molecule has 128 valence electrons. The molecule has 2 aliphatic heterocycles. The zero-order valence-corrected chi connectivity index (χ0v) is 16.8. The molecular formula is C15H6BBr3F4N2. The average Bonchev–Trinajstić information content (AvgIpc) is 3.09. The lowest BCUT2D eigenvalue weighted by atomic mass is 9.86. The first-order chi connectivity index (χ1) is 11.7. The van der Waals surface area contributed by atoms with Gasteiger partial charge in [0.25, 0.3) is 0 Å². The van der Waals surface area contributed by atoms with Gasteiger partial charge in [0.1, 0.15) is 11.6 Å². The summed E-state index contributed by atoms with van der Waals surface area (Å²) in [6.07, 6.45) is 2.91. The number of hydrogen-bond donors (Lipinski definition) is 0. The molecular weight excluding hydrogens is 535 g/mol. The topological polar surface area (TPSA) is 7.94 Å². The highest BCUT2D eigenvalue weighted by Gasteiger charge is 2.54. The van der Waals surface area contributed by atoms with Crippen molar-refractivity contribution in [2.45, 2.75) is 0 Å². The van der Waals surface area contributed by atoms with Crippen LogP contribution >= 0.6 is 47.8 Å². The fraction of sp³-hybridized carbons (Fsp3) is 0. The number of fused-ring (bicyclic) bond motifs is 2. The molecule has 1 aromatic heterocycles. The Hall–Kier alpha value is -1.13. The number of allylic oxidation sites excluding steroid dienone is 2. The monoisotopic (exact) mass is 538 g/mol. The molecule has 0 aliphatic carbocycles. The second-order valence-electron chi connectivity index (χ2n) is 5.54. The number of halogens is 7. The zero-order valence-electron chi connectivity index (χ0n) is 12.1. The Morgan fingerprint density at radius 1 is 1.00 bits per heavy atom. The van der Waals surface area contributed by atoms with Crippen LogP contribution in [0.5, 0.6) is 0 Å². The molecule has 1 aromatic carbocycles. The SMILES string of the molecule is Fc1cc(Br)c(F)c(C2=C3C=CC(Br)=[N+]3[B-](F)(F)n3c(Br)ccc32)c1. The molecule has 2 aromatic rings. The minimum absolute atomic E-state index is 0.0767. The van der Waals surface area contributed by atoms with E-state index in [1.54, 1.807) is 0 Å². The summed E-state index contributed by atoms with van der Waals surface area (Å²) in [6, 6.07) is 4.91. The van der Waals surface area contributed by atoms with E-state index in [0.29, 0.717) is 0 Å². The smallest absolute Gasteiger partial charge is 0.389 e. The maximum Gasteiger partial charge on any atom is 0.738 e. The molecule has 0 saturated carbocycles. The van der Waals surface area contributed by atoms with Crippen molar-refractivity contribution in [3.05, 3.63) is 74.1 Å². The molecule has 0 N–H and O–H groups in total. The second-order valence-corrected chi connectivity index (χ2v) is 8.01. The molecule has 0 bridgehead atoms. The predicted octanol–water partition coefficient (Wildman–Crippen LogP) is 5.66. The normalized spacial score (nSPS) is 18.0. The highest BCUT2D eigenvalue weighted by Crippen LogP contribution is 2.43. The van der Waals surface area contributed by atoms with Crippen molar-refractivity contribution in [1.82, 2.24) is 4.48 Å². The van der Waals surface area contributed by atoms with E-state index in [1.807, 2.05) is 0 Å². The van der Waals surface area contributed by atoms with Crippen LogP contribution in [0.25, 0.3) is 5.57 Å². The fourth-order valence-corrected chi connectivity index (χ4v) is 4.72. The minimum atomic E-state index is -4.20. The van der Waals surface area contributed by atoms with E-state index in [-0.39, 0.29) is 36.2 Å². The molecule has 2 aliphatic rings. The van der Waals surface area contributed by atoms with Crippen LogP contribution in [-0.2, 0) is 0 Å². The maximum atomic E-state index is 15.1. The first-order valence-electron chi connectivity index (χ1n) is 7.02. The summed E-state index contributed by atoms with van der Waals surface area (Å²) in [4.78, 5) is 0. The van der Waals surface area contributed by atoms with Gasteiger partial charge in [0, 0.05) is 39.3 Å². The Morgan fingerprint density at radius 2 is 1.72 bits per heavy atom. The quantitative estimate of drug-likeness (QED) is 0.251. The number of aromatic nitrogens is 1. The Morgan fingerprint density at radius 3 is 2.44 bits per heavy atom. The molecule has 0 radical (unpaired) electrons. The minimum Gasteiger partial charge on any atom is -0.389 e. The van der Waals surface area contributed by atoms with E-state index in [9.17, 15) is 8.78 Å². The van der Waals surface area contributed by atoms with E-state index in [4.69, 9.17) is 0 Å². The summed E-state index contributed by atoms with van der Waals surface area (Å²) in [5, 5.41) is 0. The molecule has 0 atom stereocenters. The summed E-state index contributed by atoms with van der Waals surface area (Å²) in [6.45, 7) is -4.20. The summed E-state index contributed by atoms with van der Waals surface area (Å²) in [7, 11) is 0. The van der Waals surface area contributed by atoms with E-state index in [1.165, 1.54) is 24.3 Å². The molecule has 2 nitrogen and oxygen atoms in total. The van der Waals surface area contributed by atoms with Gasteiger partial charge in [0.05, 0.1) is 14.6 Å². The van der Waals surface area contributed by atoms with Crippen molar-refractivity contribution in [2.24, 2.45) is 0 Å². The van der Waals surface area contributed by atoms with Crippen molar-refractivity contribution in [2.75, 3.05) is 0 Å². The number of rotatable bonds is 1. The van der Waals surface area contributed by atoms with Crippen LogP contribution in [0.1, 0.15) is 11.3 Å². The van der Waals surface area contributed by atoms with Crippen LogP contribution in [0.2, 0.25) is 0 Å². The van der Waals surface area contributed by atoms with Gasteiger partial charge < -0.3 is 17.6 Å². The summed E-state index contributed by atoms with van der Waals surface area (Å²) in [5.41, 5.74) is 0.288. The molecule has 0 fully saturated rings. The number of nitrogens with zero attached hydrogens (tertiary/aromatic N) is 2. The van der Waals surface area contributed by atoms with Gasteiger partial charge >= 0.3 is 6.97 Å². The molecule has 0 saturated heterocycles. The van der Waals surface area contributed by atoms with Gasteiger partial charge in [0.15, 0.2) is 5.70 Å². The van der Waals surface area contributed by atoms with E-state index in [0.717, 1.165) is 21.1 Å². The van der Waals surface area contributed by atoms with Gasteiger partial charge in [-0.1, -0.05) is 0 Å². The molecule has 3 heterocycles. The highest BCUT2D eigenvalue weighted by atomic mass is 79.9. The molecule has 0 unspecified atom stereocenters. The maximum absolute atomic E-state index is 15.1. The highest BCUT2D eigenvalue weighted by molar-refractivity contribution is 9.18. The summed E-state index contributed by atoms with van der Waals surface area (Å²) in [5.74, 6) is -1.39. The molecule has 4 rings (SSSR count). The third kappa shape index (κ3) is 2.37. The average molecular weight is 541 g/mol. The van der Waals surface area contributed by atoms with Crippen molar-refractivity contribution >= 4 is 65.0 Å². The van der Waals surface area contributed by atoms with Crippen LogP contribution in [0.3, 0.4) is 0 Å². The van der Waals surface area contributed by atoms with Gasteiger partial charge in [-0.15, -0.1) is 0 Å². The van der Waals surface area contributed by atoms with Gasteiger partial charge in [0.2, 0.25) is 4.62 Å². The Kier molecular flexibility index (Phi) is 3.93. The lowest BCUT2D eigenvalue weighted by molar-refractivity contribution is -0.358. The van der Waals surface area contributed by atoms with Crippen LogP contribution < -0.4 is 0 Å². The number of hydrogen-bond acceptors (Lipinski definition) is 0. The molecule has 0 amide bonds. The third-order valence-corrected chi connectivity index (χ3v) is 6.00. The molecule has 25 heavy (non-hydrogen) atoms. The van der Waals surface area contributed by atoms with Crippen LogP contribution in [0, 0.1) is 11.6 Å². The number of benzene rings is 1. The largest absolute Gasteiger partial charge is 0.738 e. The fourth-order valence-electron chi connectivity index (χ4n) is 3.15. The van der Waals surface area contributed by atoms with Gasteiger partial charge in [-0.3, -0.25) is 0 Å². The van der Waals surface area contributed by atoms with E-state index in [2.05, 4.69) is 47.8 Å². The lowest BCUT2D eigenvalue weighted by Crippen LogP contribution is -2.50. The third-order valence-electron chi connectivity index (χ3n) is 4.13. The zero-order chi connectivity index (χ0) is 18.1.